The molecule has 0 aliphatic carbocycles. The topological polar surface area (TPSA) is 71.1 Å². The van der Waals surface area contributed by atoms with E-state index in [0.29, 0.717) is 23.0 Å². The van der Waals surface area contributed by atoms with E-state index in [-0.39, 0.29) is 10.6 Å². The molecule has 6 aromatic rings. The van der Waals surface area contributed by atoms with Gasteiger partial charge in [0.2, 0.25) is 0 Å². The molecule has 0 radical (unpaired) electrons. The maximum absolute atomic E-state index is 15.1. The average Bonchev–Trinajstić information content (AvgIpc) is 3.02. The van der Waals surface area contributed by atoms with Gasteiger partial charge in [0.05, 0.1) is 0 Å². The molecular weight excluding hydrogens is 566 g/mol. The summed E-state index contributed by atoms with van der Waals surface area (Å²) in [5, 5.41) is 1.61. The molecule has 0 spiro atoms. The van der Waals surface area contributed by atoms with Crippen LogP contribution in [0.15, 0.2) is 158 Å². The van der Waals surface area contributed by atoms with Gasteiger partial charge < -0.3 is 18.1 Å². The Bertz CT molecular complexity index is 1650. The van der Waals surface area contributed by atoms with Gasteiger partial charge >= 0.3 is 15.2 Å². The van der Waals surface area contributed by atoms with Gasteiger partial charge in [-0.15, -0.1) is 0 Å². The summed E-state index contributed by atoms with van der Waals surface area (Å²) in [7, 11) is -8.59. The smallest absolute Gasteiger partial charge is 0.413 e. The van der Waals surface area contributed by atoms with Crippen LogP contribution in [-0.4, -0.2) is 0 Å². The Kier molecular flexibility index (Phi) is 7.83. The Morgan fingerprint density at radius 1 is 0.333 bits per heavy atom. The highest BCUT2D eigenvalue weighted by atomic mass is 31.2. The van der Waals surface area contributed by atoms with E-state index in [9.17, 15) is 0 Å². The normalized spacial score (nSPS) is 11.5. The first-order valence-corrected chi connectivity index (χ1v) is 16.3. The summed E-state index contributed by atoms with van der Waals surface area (Å²) in [6, 6.07) is 45.8. The van der Waals surface area contributed by atoms with Crippen molar-refractivity contribution in [2.75, 3.05) is 0 Å². The second-order valence-corrected chi connectivity index (χ2v) is 13.0. The molecule has 0 aliphatic heterocycles. The standard InChI is InChI=1S/C34H26O6P2/c35-41(37-29-17-5-1-6-18-29,38-30-19-7-2-8-20-30)33-25-27-15-13-14-16-28(27)26-34(33)42(36,39-31-21-9-3-10-22-31)40-32-23-11-4-12-24-32/h1-26H. The van der Waals surface area contributed by atoms with E-state index in [1.807, 2.05) is 48.5 Å². The number of hydrogen-bond acceptors (Lipinski definition) is 6. The molecular formula is C34H26O6P2. The third-order valence-electron chi connectivity index (χ3n) is 6.31. The molecule has 0 amide bonds. The molecule has 6 nitrogen and oxygen atoms in total. The first kappa shape index (κ1) is 27.4. The second-order valence-electron chi connectivity index (χ2n) is 9.30. The molecule has 8 heteroatoms. The predicted molar refractivity (Wildman–Crippen MR) is 167 cm³/mol. The Hall–Kier alpha value is -4.76. The fourth-order valence-electron chi connectivity index (χ4n) is 4.37. The maximum atomic E-state index is 15.1. The van der Waals surface area contributed by atoms with Crippen LogP contribution in [0.4, 0.5) is 0 Å². The molecule has 6 rings (SSSR count). The quantitative estimate of drug-likeness (QED) is 0.148. The summed E-state index contributed by atoms with van der Waals surface area (Å²) >= 11 is 0. The van der Waals surface area contributed by atoms with Crippen LogP contribution in [0.1, 0.15) is 0 Å². The summed E-state index contributed by atoms with van der Waals surface area (Å²) in [6.45, 7) is 0. The third kappa shape index (κ3) is 6.11. The summed E-state index contributed by atoms with van der Waals surface area (Å²) in [4.78, 5) is 0. The van der Waals surface area contributed by atoms with Crippen molar-refractivity contribution in [2.45, 2.75) is 0 Å². The van der Waals surface area contributed by atoms with Crippen LogP contribution in [0.3, 0.4) is 0 Å². The Labute approximate surface area is 244 Å². The maximum Gasteiger partial charge on any atom is 0.463 e. The lowest BCUT2D eigenvalue weighted by atomic mass is 10.1. The van der Waals surface area contributed by atoms with Gasteiger partial charge in [0.15, 0.2) is 0 Å². The van der Waals surface area contributed by atoms with Gasteiger partial charge in [-0.1, -0.05) is 97.1 Å². The second kappa shape index (κ2) is 12.0. The predicted octanol–water partition coefficient (Wildman–Crippen LogP) is 8.79. The van der Waals surface area contributed by atoms with Crippen LogP contribution in [-0.2, 0) is 9.13 Å². The SMILES string of the molecule is O=P(Oc1ccccc1)(Oc1ccccc1)c1cc2ccccc2cc1P(=O)(Oc1ccccc1)Oc1ccccc1. The Morgan fingerprint density at radius 2 is 0.571 bits per heavy atom. The van der Waals surface area contributed by atoms with Crippen LogP contribution in [0.5, 0.6) is 23.0 Å². The van der Waals surface area contributed by atoms with Crippen molar-refractivity contribution in [1.82, 2.24) is 0 Å². The van der Waals surface area contributed by atoms with E-state index >= 15 is 9.13 Å². The summed E-state index contributed by atoms with van der Waals surface area (Å²) < 4.78 is 54.9. The number of benzene rings is 6. The van der Waals surface area contributed by atoms with E-state index in [0.717, 1.165) is 10.8 Å². The molecule has 208 valence electrons. The van der Waals surface area contributed by atoms with Crippen LogP contribution >= 0.6 is 15.2 Å². The van der Waals surface area contributed by atoms with Gasteiger partial charge in [-0.05, 0) is 71.4 Å². The highest BCUT2D eigenvalue weighted by molar-refractivity contribution is 7.69. The number of rotatable bonds is 10. The molecule has 0 aromatic heterocycles. The zero-order valence-electron chi connectivity index (χ0n) is 22.4. The van der Waals surface area contributed by atoms with Crippen molar-refractivity contribution in [1.29, 1.82) is 0 Å². The molecule has 42 heavy (non-hydrogen) atoms. The lowest BCUT2D eigenvalue weighted by Crippen LogP contribution is -2.32. The van der Waals surface area contributed by atoms with Gasteiger partial charge in [-0.2, -0.15) is 0 Å². The molecule has 0 saturated carbocycles. The number of hydrogen-bond donors (Lipinski definition) is 0. The zero-order valence-corrected chi connectivity index (χ0v) is 24.1. The largest absolute Gasteiger partial charge is 0.463 e. The van der Waals surface area contributed by atoms with E-state index < -0.39 is 15.2 Å². The average molecular weight is 593 g/mol. The molecule has 6 aromatic carbocycles. The summed E-state index contributed by atoms with van der Waals surface area (Å²) in [6.07, 6.45) is 0. The van der Waals surface area contributed by atoms with Crippen LogP contribution in [0.2, 0.25) is 0 Å². The fraction of sp³-hybridized carbons (Fsp3) is 0. The third-order valence-corrected chi connectivity index (χ3v) is 10.2. The molecule has 0 N–H and O–H groups in total. The van der Waals surface area contributed by atoms with E-state index in [2.05, 4.69) is 0 Å². The molecule has 0 bridgehead atoms. The minimum Gasteiger partial charge on any atom is -0.413 e. The van der Waals surface area contributed by atoms with Crippen molar-refractivity contribution in [3.63, 3.8) is 0 Å². The molecule has 0 saturated heterocycles. The fourth-order valence-corrected chi connectivity index (χ4v) is 8.45. The minimum absolute atomic E-state index is 0.0594. The van der Waals surface area contributed by atoms with Gasteiger partial charge in [-0.3, -0.25) is 0 Å². The van der Waals surface area contributed by atoms with Crippen molar-refractivity contribution < 1.29 is 27.2 Å². The zero-order chi connectivity index (χ0) is 28.8. The van der Waals surface area contributed by atoms with Gasteiger partial charge in [0.1, 0.15) is 33.6 Å². The molecule has 0 fully saturated rings. The van der Waals surface area contributed by atoms with Crippen molar-refractivity contribution in [2.24, 2.45) is 0 Å². The lowest BCUT2D eigenvalue weighted by molar-refractivity contribution is 0.394. The molecule has 0 heterocycles. The van der Waals surface area contributed by atoms with Crippen LogP contribution in [0.25, 0.3) is 10.8 Å². The van der Waals surface area contributed by atoms with E-state index in [1.165, 1.54) is 0 Å². The monoisotopic (exact) mass is 592 g/mol. The summed E-state index contributed by atoms with van der Waals surface area (Å²) in [5.74, 6) is 1.27. The van der Waals surface area contributed by atoms with Gasteiger partial charge in [-0.25, -0.2) is 9.13 Å². The Balaban J connectivity index is 1.60. The first-order valence-electron chi connectivity index (χ1n) is 13.2. The molecule has 0 aliphatic rings. The lowest BCUT2D eigenvalue weighted by Gasteiger charge is -2.26. The molecule has 0 unspecified atom stereocenters. The number of para-hydroxylation sites is 4. The number of fused-ring (bicyclic) bond motifs is 1. The minimum atomic E-state index is -4.30. The van der Waals surface area contributed by atoms with Gasteiger partial charge in [0.25, 0.3) is 0 Å². The molecule has 0 atom stereocenters. The van der Waals surface area contributed by atoms with Crippen LogP contribution < -0.4 is 28.7 Å². The van der Waals surface area contributed by atoms with Gasteiger partial charge in [0, 0.05) is 0 Å². The van der Waals surface area contributed by atoms with Crippen molar-refractivity contribution in [3.8, 4) is 23.0 Å². The first-order chi connectivity index (χ1) is 20.5. The van der Waals surface area contributed by atoms with E-state index in [4.69, 9.17) is 18.1 Å². The van der Waals surface area contributed by atoms with Crippen molar-refractivity contribution >= 4 is 36.6 Å². The summed E-state index contributed by atoms with van der Waals surface area (Å²) in [5.41, 5.74) is 0. The van der Waals surface area contributed by atoms with E-state index in [1.54, 1.807) is 109 Å². The van der Waals surface area contributed by atoms with Crippen molar-refractivity contribution in [3.05, 3.63) is 158 Å². The Morgan fingerprint density at radius 3 is 0.833 bits per heavy atom. The highest BCUT2D eigenvalue weighted by Crippen LogP contribution is 2.53. The van der Waals surface area contributed by atoms with Crippen LogP contribution in [0, 0.1) is 0 Å². The highest BCUT2D eigenvalue weighted by Gasteiger charge is 2.43.